The van der Waals surface area contributed by atoms with Crippen molar-refractivity contribution in [2.24, 2.45) is 0 Å². The molecule has 0 spiro atoms. The largest absolute Gasteiger partial charge is 0.394 e. The van der Waals surface area contributed by atoms with Crippen LogP contribution in [0.5, 0.6) is 0 Å². The van der Waals surface area contributed by atoms with Crippen molar-refractivity contribution >= 4 is 0 Å². The van der Waals surface area contributed by atoms with Gasteiger partial charge >= 0.3 is 0 Å². The van der Waals surface area contributed by atoms with Crippen LogP contribution in [0.2, 0.25) is 0 Å². The average Bonchev–Trinajstić information content (AvgIpc) is 3.05. The van der Waals surface area contributed by atoms with Gasteiger partial charge in [-0.1, -0.05) is 103 Å². The predicted molar refractivity (Wildman–Crippen MR) is 118 cm³/mol. The SMILES string of the molecule is CCCCCCCCCCCCCCCCCCO[C@H]1[C@H](OC)O[C@H](CO)[C@@H]1O. The van der Waals surface area contributed by atoms with E-state index in [1.807, 2.05) is 0 Å². The molecule has 0 aromatic carbocycles. The van der Waals surface area contributed by atoms with Crippen LogP contribution < -0.4 is 0 Å². The Hall–Kier alpha value is -0.200. The van der Waals surface area contributed by atoms with Crippen LogP contribution >= 0.6 is 0 Å². The Kier molecular flexibility index (Phi) is 17.2. The molecule has 0 radical (unpaired) electrons. The first-order valence-corrected chi connectivity index (χ1v) is 12.3. The molecular formula is C24H48O5. The van der Waals surface area contributed by atoms with Gasteiger partial charge in [0.1, 0.15) is 18.3 Å². The average molecular weight is 417 g/mol. The highest BCUT2D eigenvalue weighted by Gasteiger charge is 2.44. The lowest BCUT2D eigenvalue weighted by molar-refractivity contribution is -0.165. The van der Waals surface area contributed by atoms with E-state index < -0.39 is 24.6 Å². The first kappa shape index (κ1) is 26.8. The van der Waals surface area contributed by atoms with Gasteiger partial charge in [0.25, 0.3) is 0 Å². The van der Waals surface area contributed by atoms with Crippen LogP contribution in [-0.4, -0.2) is 55.1 Å². The summed E-state index contributed by atoms with van der Waals surface area (Å²) in [6.45, 7) is 2.65. The summed E-state index contributed by atoms with van der Waals surface area (Å²) in [6.07, 6.45) is 19.0. The van der Waals surface area contributed by atoms with Gasteiger partial charge in [0, 0.05) is 13.7 Å². The molecule has 2 N–H and O–H groups in total. The molecule has 1 heterocycles. The monoisotopic (exact) mass is 416 g/mol. The molecule has 0 aliphatic carbocycles. The Balaban J connectivity index is 1.82. The number of ether oxygens (including phenoxy) is 3. The third-order valence-electron chi connectivity index (χ3n) is 6.02. The molecule has 4 atom stereocenters. The molecule has 0 aromatic rings. The second-order valence-corrected chi connectivity index (χ2v) is 8.59. The fourth-order valence-electron chi connectivity index (χ4n) is 4.09. The van der Waals surface area contributed by atoms with Crippen molar-refractivity contribution in [3.05, 3.63) is 0 Å². The number of rotatable bonds is 20. The van der Waals surface area contributed by atoms with Crippen molar-refractivity contribution in [2.45, 2.75) is 134 Å². The number of aliphatic hydroxyl groups is 2. The summed E-state index contributed by atoms with van der Waals surface area (Å²) in [7, 11) is 1.53. The fraction of sp³-hybridized carbons (Fsp3) is 1.00. The summed E-state index contributed by atoms with van der Waals surface area (Å²) < 4.78 is 16.4. The molecule has 5 heteroatoms. The van der Waals surface area contributed by atoms with Gasteiger partial charge in [-0.15, -0.1) is 0 Å². The summed E-state index contributed by atoms with van der Waals surface area (Å²) in [5.74, 6) is 0. The van der Waals surface area contributed by atoms with E-state index in [0.717, 1.165) is 12.8 Å². The maximum atomic E-state index is 10.1. The minimum Gasteiger partial charge on any atom is -0.394 e. The van der Waals surface area contributed by atoms with Crippen LogP contribution in [-0.2, 0) is 14.2 Å². The molecule has 1 rings (SSSR count). The van der Waals surface area contributed by atoms with E-state index in [2.05, 4.69) is 6.92 Å². The molecule has 0 bridgehead atoms. The van der Waals surface area contributed by atoms with E-state index in [4.69, 9.17) is 14.2 Å². The van der Waals surface area contributed by atoms with E-state index in [1.54, 1.807) is 0 Å². The van der Waals surface area contributed by atoms with E-state index in [-0.39, 0.29) is 6.61 Å². The lowest BCUT2D eigenvalue weighted by Crippen LogP contribution is -2.37. The first-order chi connectivity index (χ1) is 14.2. The summed E-state index contributed by atoms with van der Waals surface area (Å²) >= 11 is 0. The van der Waals surface area contributed by atoms with Crippen LogP contribution in [0.4, 0.5) is 0 Å². The van der Waals surface area contributed by atoms with Gasteiger partial charge in [-0.25, -0.2) is 0 Å². The zero-order chi connectivity index (χ0) is 21.2. The smallest absolute Gasteiger partial charge is 0.186 e. The second kappa shape index (κ2) is 18.6. The van der Waals surface area contributed by atoms with E-state index in [1.165, 1.54) is 97.0 Å². The normalized spacial score (nSPS) is 24.4. The third kappa shape index (κ3) is 12.3. The molecule has 1 aliphatic heterocycles. The van der Waals surface area contributed by atoms with Gasteiger partial charge in [0.15, 0.2) is 6.29 Å². The van der Waals surface area contributed by atoms with Gasteiger partial charge in [-0.2, -0.15) is 0 Å². The van der Waals surface area contributed by atoms with Crippen molar-refractivity contribution < 1.29 is 24.4 Å². The molecule has 0 saturated carbocycles. The van der Waals surface area contributed by atoms with Crippen LogP contribution in [0, 0.1) is 0 Å². The van der Waals surface area contributed by atoms with Gasteiger partial charge < -0.3 is 24.4 Å². The quantitative estimate of drug-likeness (QED) is 0.262. The summed E-state index contributed by atoms with van der Waals surface area (Å²) in [6, 6.07) is 0. The van der Waals surface area contributed by atoms with Crippen LogP contribution in [0.3, 0.4) is 0 Å². The number of hydrogen-bond donors (Lipinski definition) is 2. The maximum Gasteiger partial charge on any atom is 0.186 e. The van der Waals surface area contributed by atoms with E-state index >= 15 is 0 Å². The molecule has 0 unspecified atom stereocenters. The molecule has 1 fully saturated rings. The number of methoxy groups -OCH3 is 1. The minimum atomic E-state index is -0.828. The van der Waals surface area contributed by atoms with Crippen LogP contribution in [0.1, 0.15) is 110 Å². The summed E-state index contributed by atoms with van der Waals surface area (Å²) in [5.41, 5.74) is 0. The molecule has 0 aromatic heterocycles. The van der Waals surface area contributed by atoms with Gasteiger partial charge in [0.05, 0.1) is 6.61 Å². The topological polar surface area (TPSA) is 68.2 Å². The van der Waals surface area contributed by atoms with Gasteiger partial charge in [0.2, 0.25) is 0 Å². The van der Waals surface area contributed by atoms with Crippen LogP contribution in [0.15, 0.2) is 0 Å². The Morgan fingerprint density at radius 1 is 0.724 bits per heavy atom. The third-order valence-corrected chi connectivity index (χ3v) is 6.02. The Bertz CT molecular complexity index is 350. The van der Waals surface area contributed by atoms with E-state index in [0.29, 0.717) is 6.61 Å². The molecule has 174 valence electrons. The molecule has 0 amide bonds. The Morgan fingerprint density at radius 2 is 1.17 bits per heavy atom. The molecular weight excluding hydrogens is 368 g/mol. The number of hydrogen-bond acceptors (Lipinski definition) is 5. The minimum absolute atomic E-state index is 0.222. The zero-order valence-electron chi connectivity index (χ0n) is 19.2. The molecule has 5 nitrogen and oxygen atoms in total. The van der Waals surface area contributed by atoms with Gasteiger partial charge in [-0.3, -0.25) is 0 Å². The van der Waals surface area contributed by atoms with E-state index in [9.17, 15) is 10.2 Å². The van der Waals surface area contributed by atoms with Crippen molar-refractivity contribution in [3.8, 4) is 0 Å². The number of unbranched alkanes of at least 4 members (excludes halogenated alkanes) is 15. The van der Waals surface area contributed by atoms with Crippen molar-refractivity contribution in [1.29, 1.82) is 0 Å². The maximum absolute atomic E-state index is 10.1. The van der Waals surface area contributed by atoms with Crippen molar-refractivity contribution in [2.75, 3.05) is 20.3 Å². The highest BCUT2D eigenvalue weighted by Crippen LogP contribution is 2.24. The number of aliphatic hydroxyl groups excluding tert-OH is 2. The molecule has 1 aliphatic rings. The van der Waals surface area contributed by atoms with Crippen LogP contribution in [0.25, 0.3) is 0 Å². The second-order valence-electron chi connectivity index (χ2n) is 8.59. The fourth-order valence-corrected chi connectivity index (χ4v) is 4.09. The lowest BCUT2D eigenvalue weighted by atomic mass is 10.0. The first-order valence-electron chi connectivity index (χ1n) is 12.3. The highest BCUT2D eigenvalue weighted by atomic mass is 16.7. The standard InChI is InChI=1S/C24H48O5/c1-3-4-5-6-7-8-9-10-11-12-13-14-15-16-17-18-19-28-23-22(26)21(20-25)29-24(23)27-2/h21-26H,3-20H2,1-2H3/t21-,22+,23-,24-/m1/s1. The summed E-state index contributed by atoms with van der Waals surface area (Å²) in [4.78, 5) is 0. The zero-order valence-corrected chi connectivity index (χ0v) is 19.2. The van der Waals surface area contributed by atoms with Gasteiger partial charge in [-0.05, 0) is 6.42 Å². The summed E-state index contributed by atoms with van der Waals surface area (Å²) in [5, 5.41) is 19.3. The lowest BCUT2D eigenvalue weighted by Gasteiger charge is -2.19. The molecule has 1 saturated heterocycles. The van der Waals surface area contributed by atoms with Crippen molar-refractivity contribution in [1.82, 2.24) is 0 Å². The molecule has 29 heavy (non-hydrogen) atoms. The Labute approximate surface area is 179 Å². The predicted octanol–water partition coefficient (Wildman–Crippen LogP) is 5.36. The van der Waals surface area contributed by atoms with Crippen molar-refractivity contribution in [3.63, 3.8) is 0 Å². The Morgan fingerprint density at radius 3 is 1.59 bits per heavy atom. The highest BCUT2D eigenvalue weighted by molar-refractivity contribution is 4.87.